The van der Waals surface area contributed by atoms with Crippen LogP contribution in [0.5, 0.6) is 0 Å². The van der Waals surface area contributed by atoms with E-state index in [1.165, 1.54) is 6.08 Å². The summed E-state index contributed by atoms with van der Waals surface area (Å²) in [7, 11) is 0. The number of carbonyl (C=O) groups excluding carboxylic acids is 3. The smallest absolute Gasteiger partial charge is 0.333 e. The molecule has 1 rings (SSSR count). The van der Waals surface area contributed by atoms with Gasteiger partial charge in [-0.2, -0.15) is 0 Å². The van der Waals surface area contributed by atoms with E-state index in [4.69, 9.17) is 9.47 Å². The van der Waals surface area contributed by atoms with Crippen molar-refractivity contribution in [3.63, 3.8) is 0 Å². The minimum atomic E-state index is -0.515. The van der Waals surface area contributed by atoms with Crippen LogP contribution in [0.1, 0.15) is 13.8 Å². The van der Waals surface area contributed by atoms with Crippen LogP contribution in [0.25, 0.3) is 0 Å². The van der Waals surface area contributed by atoms with E-state index in [-0.39, 0.29) is 18.6 Å². The monoisotopic (exact) mass is 297 g/mol. The number of ether oxygens (including phenoxy) is 3. The summed E-state index contributed by atoms with van der Waals surface area (Å²) in [4.78, 5) is 34.1. The Kier molecular flexibility index (Phi) is 9.41. The normalized spacial score (nSPS) is 16.2. The van der Waals surface area contributed by atoms with Crippen LogP contribution in [0.15, 0.2) is 29.8 Å². The van der Waals surface area contributed by atoms with E-state index in [2.05, 4.69) is 22.9 Å². The van der Waals surface area contributed by atoms with Gasteiger partial charge in [0.25, 0.3) is 0 Å². The van der Waals surface area contributed by atoms with Crippen LogP contribution in [0.3, 0.4) is 0 Å². The fourth-order valence-electron chi connectivity index (χ4n) is 0.906. The Morgan fingerprint density at radius 1 is 1.57 bits per heavy atom. The fraction of sp³-hybridized carbons (Fsp3) is 0.500. The molecule has 0 radical (unpaired) electrons. The maximum atomic E-state index is 10.7. The van der Waals surface area contributed by atoms with Crippen LogP contribution in [0.2, 0.25) is 0 Å². The molecule has 0 bridgehead atoms. The van der Waals surface area contributed by atoms with Gasteiger partial charge in [0.1, 0.15) is 18.8 Å². The Bertz CT molecular complexity index is 435. The van der Waals surface area contributed by atoms with Gasteiger partial charge in [-0.3, -0.25) is 0 Å². The van der Waals surface area contributed by atoms with Gasteiger partial charge in [0.05, 0.1) is 13.2 Å². The molecule has 21 heavy (non-hydrogen) atoms. The average Bonchev–Trinajstić information content (AvgIpc) is 3.27. The summed E-state index contributed by atoms with van der Waals surface area (Å²) in [6.45, 7) is 11.1. The molecule has 0 aromatic carbocycles. The highest BCUT2D eigenvalue weighted by Gasteiger charge is 2.24. The molecule has 1 fully saturated rings. The first-order valence-electron chi connectivity index (χ1n) is 6.21. The van der Waals surface area contributed by atoms with Gasteiger partial charge in [0, 0.05) is 11.6 Å². The van der Waals surface area contributed by atoms with Gasteiger partial charge in [0.2, 0.25) is 6.08 Å². The van der Waals surface area contributed by atoms with Gasteiger partial charge in [-0.05, 0) is 13.8 Å². The first kappa shape index (κ1) is 18.8. The Balaban J connectivity index is 0.000000382. The van der Waals surface area contributed by atoms with Crippen molar-refractivity contribution in [3.8, 4) is 0 Å². The molecule has 0 aromatic heterocycles. The lowest BCUT2D eigenvalue weighted by Crippen LogP contribution is -2.15. The Morgan fingerprint density at radius 3 is 2.62 bits per heavy atom. The SMILES string of the molecule is C=C(C)C(=O)OCC1CO1.C=CC(=O)OC(C)CN=C=O. The lowest BCUT2D eigenvalue weighted by molar-refractivity contribution is -0.141. The number of epoxide rings is 1. The van der Waals surface area contributed by atoms with E-state index in [0.717, 1.165) is 6.08 Å². The summed E-state index contributed by atoms with van der Waals surface area (Å²) in [6, 6.07) is 0. The van der Waals surface area contributed by atoms with Crippen LogP contribution in [0, 0.1) is 0 Å². The Morgan fingerprint density at radius 2 is 2.19 bits per heavy atom. The molecule has 1 heterocycles. The predicted octanol–water partition coefficient (Wildman–Crippen LogP) is 0.944. The van der Waals surface area contributed by atoms with Gasteiger partial charge in [-0.15, -0.1) is 0 Å². The number of nitrogens with zero attached hydrogens (tertiary/aromatic N) is 1. The summed E-state index contributed by atoms with van der Waals surface area (Å²) in [5, 5.41) is 0. The third-order valence-corrected chi connectivity index (χ3v) is 2.05. The maximum Gasteiger partial charge on any atom is 0.333 e. The van der Waals surface area contributed by atoms with Crippen molar-refractivity contribution in [2.24, 2.45) is 4.99 Å². The number of hydrogen-bond donors (Lipinski definition) is 0. The van der Waals surface area contributed by atoms with Crippen molar-refractivity contribution < 1.29 is 28.6 Å². The third-order valence-electron chi connectivity index (χ3n) is 2.05. The zero-order valence-corrected chi connectivity index (χ0v) is 12.2. The molecule has 0 aliphatic carbocycles. The number of carbonyl (C=O) groups is 2. The summed E-state index contributed by atoms with van der Waals surface area (Å²) in [5.74, 6) is -0.853. The second-order valence-electron chi connectivity index (χ2n) is 4.22. The second-order valence-corrected chi connectivity index (χ2v) is 4.22. The summed E-state index contributed by atoms with van der Waals surface area (Å²) in [6.07, 6.45) is 2.15. The molecule has 0 saturated carbocycles. The molecular weight excluding hydrogens is 278 g/mol. The number of isocyanates is 1. The van der Waals surface area contributed by atoms with Crippen LogP contribution >= 0.6 is 0 Å². The maximum absolute atomic E-state index is 10.7. The molecule has 1 saturated heterocycles. The van der Waals surface area contributed by atoms with Crippen molar-refractivity contribution in [2.75, 3.05) is 19.8 Å². The van der Waals surface area contributed by atoms with E-state index in [9.17, 15) is 14.4 Å². The van der Waals surface area contributed by atoms with E-state index in [1.807, 2.05) is 0 Å². The largest absolute Gasteiger partial charge is 0.459 e. The summed E-state index contributed by atoms with van der Waals surface area (Å²) >= 11 is 0. The van der Waals surface area contributed by atoms with Crippen LogP contribution in [-0.4, -0.2) is 50.0 Å². The van der Waals surface area contributed by atoms with Gasteiger partial charge in [0.15, 0.2) is 0 Å². The summed E-state index contributed by atoms with van der Waals surface area (Å²) < 4.78 is 14.3. The minimum absolute atomic E-state index is 0.142. The molecule has 0 N–H and O–H groups in total. The molecule has 2 unspecified atom stereocenters. The molecule has 0 aromatic rings. The highest BCUT2D eigenvalue weighted by Crippen LogP contribution is 2.09. The lowest BCUT2D eigenvalue weighted by atomic mass is 10.4. The molecule has 1 aliphatic heterocycles. The highest BCUT2D eigenvalue weighted by atomic mass is 16.6. The molecule has 116 valence electrons. The van der Waals surface area contributed by atoms with Gasteiger partial charge >= 0.3 is 11.9 Å². The van der Waals surface area contributed by atoms with E-state index in [0.29, 0.717) is 18.8 Å². The highest BCUT2D eigenvalue weighted by molar-refractivity contribution is 5.86. The quantitative estimate of drug-likeness (QED) is 0.228. The van der Waals surface area contributed by atoms with Crippen molar-refractivity contribution in [3.05, 3.63) is 24.8 Å². The average molecular weight is 297 g/mol. The van der Waals surface area contributed by atoms with Crippen molar-refractivity contribution in [1.29, 1.82) is 0 Å². The first-order chi connectivity index (χ1) is 9.90. The second kappa shape index (κ2) is 10.5. The Hall–Kier alpha value is -2.24. The number of hydrogen-bond acceptors (Lipinski definition) is 7. The topological polar surface area (TPSA) is 94.6 Å². The van der Waals surface area contributed by atoms with Crippen LogP contribution in [0.4, 0.5) is 0 Å². The van der Waals surface area contributed by atoms with Crippen LogP contribution in [-0.2, 0) is 28.6 Å². The van der Waals surface area contributed by atoms with E-state index >= 15 is 0 Å². The molecule has 7 nitrogen and oxygen atoms in total. The predicted molar refractivity (Wildman–Crippen MR) is 74.3 cm³/mol. The van der Waals surface area contributed by atoms with E-state index in [1.54, 1.807) is 13.8 Å². The third kappa shape index (κ3) is 11.3. The number of esters is 2. The van der Waals surface area contributed by atoms with Gasteiger partial charge in [-0.1, -0.05) is 13.2 Å². The zero-order chi connectivity index (χ0) is 16.3. The molecule has 0 amide bonds. The van der Waals surface area contributed by atoms with Crippen molar-refractivity contribution >= 4 is 18.0 Å². The van der Waals surface area contributed by atoms with Gasteiger partial charge < -0.3 is 14.2 Å². The molecular formula is C14H19NO6. The minimum Gasteiger partial charge on any atom is -0.459 e. The van der Waals surface area contributed by atoms with Crippen molar-refractivity contribution in [2.45, 2.75) is 26.1 Å². The van der Waals surface area contributed by atoms with Crippen LogP contribution < -0.4 is 0 Å². The Labute approximate surface area is 123 Å². The standard InChI is InChI=1S/C7H9NO3.C7H10O3/c1-3-7(10)11-6(2)4-8-5-9;1-5(2)7(8)10-4-6-3-9-6/h3,6H,1,4H2,2H3;6H,1,3-4H2,2H3. The molecule has 2 atom stereocenters. The summed E-state index contributed by atoms with van der Waals surface area (Å²) in [5.41, 5.74) is 0.431. The van der Waals surface area contributed by atoms with Gasteiger partial charge in [-0.25, -0.2) is 19.4 Å². The zero-order valence-electron chi connectivity index (χ0n) is 12.2. The fourth-order valence-corrected chi connectivity index (χ4v) is 0.906. The van der Waals surface area contributed by atoms with E-state index < -0.39 is 12.1 Å². The molecule has 7 heteroatoms. The molecule has 1 aliphatic rings. The number of aliphatic imine (C=N–C) groups is 1. The number of rotatable bonds is 7. The van der Waals surface area contributed by atoms with Crippen molar-refractivity contribution in [1.82, 2.24) is 0 Å². The first-order valence-corrected chi connectivity index (χ1v) is 6.21. The lowest BCUT2D eigenvalue weighted by Gasteiger charge is -2.06. The molecule has 0 spiro atoms.